The van der Waals surface area contributed by atoms with Gasteiger partial charge in [-0.3, -0.25) is 9.78 Å². The Morgan fingerprint density at radius 3 is 2.32 bits per heavy atom. The lowest BCUT2D eigenvalue weighted by Gasteiger charge is -2.19. The number of benzene rings is 1. The highest BCUT2D eigenvalue weighted by atomic mass is 16.1. The summed E-state index contributed by atoms with van der Waals surface area (Å²) in [6.45, 7) is 2.70. The van der Waals surface area contributed by atoms with Gasteiger partial charge in [0.05, 0.1) is 0 Å². The molecule has 98 valence electrons. The largest absolute Gasteiger partial charge is 0.370 e. The van der Waals surface area contributed by atoms with E-state index in [1.807, 2.05) is 50.4 Å². The molecule has 0 fully saturated rings. The minimum atomic E-state index is 0.184. The second-order valence-electron chi connectivity index (χ2n) is 4.54. The number of pyridine rings is 1. The van der Waals surface area contributed by atoms with E-state index in [0.29, 0.717) is 6.42 Å². The summed E-state index contributed by atoms with van der Waals surface area (Å²) >= 11 is 0. The van der Waals surface area contributed by atoms with Crippen molar-refractivity contribution in [2.45, 2.75) is 19.9 Å². The summed E-state index contributed by atoms with van der Waals surface area (Å²) in [6.07, 6.45) is 4.14. The second kappa shape index (κ2) is 6.14. The van der Waals surface area contributed by atoms with E-state index in [1.54, 1.807) is 12.4 Å². The van der Waals surface area contributed by atoms with Gasteiger partial charge < -0.3 is 4.90 Å². The molecule has 3 heteroatoms. The normalized spacial score (nSPS) is 10.2. The molecule has 0 aliphatic carbocycles. The van der Waals surface area contributed by atoms with Crippen molar-refractivity contribution in [1.82, 2.24) is 4.98 Å². The maximum absolute atomic E-state index is 11.6. The maximum Gasteiger partial charge on any atom is 0.162 e. The standard InChI is InChI=1S/C16H18N2O/c1-3-16(19)14-4-6-15(7-5-14)18(2)12-13-8-10-17-11-9-13/h4-11H,3,12H2,1-2H3. The highest BCUT2D eigenvalue weighted by Crippen LogP contribution is 2.17. The Morgan fingerprint density at radius 2 is 1.74 bits per heavy atom. The predicted molar refractivity (Wildman–Crippen MR) is 77.4 cm³/mol. The van der Waals surface area contributed by atoms with Gasteiger partial charge in [0.1, 0.15) is 0 Å². The molecule has 0 radical (unpaired) electrons. The number of hydrogen-bond acceptors (Lipinski definition) is 3. The quantitative estimate of drug-likeness (QED) is 0.767. The molecule has 0 spiro atoms. The first-order valence-corrected chi connectivity index (χ1v) is 6.44. The van der Waals surface area contributed by atoms with E-state index in [9.17, 15) is 4.79 Å². The molecule has 0 bridgehead atoms. The third-order valence-corrected chi connectivity index (χ3v) is 3.12. The Hall–Kier alpha value is -2.16. The molecule has 1 aromatic carbocycles. The third kappa shape index (κ3) is 3.41. The minimum Gasteiger partial charge on any atom is -0.370 e. The fourth-order valence-corrected chi connectivity index (χ4v) is 1.96. The number of rotatable bonds is 5. The molecule has 0 amide bonds. The highest BCUT2D eigenvalue weighted by molar-refractivity contribution is 5.96. The number of anilines is 1. The molecular formula is C16H18N2O. The summed E-state index contributed by atoms with van der Waals surface area (Å²) in [6, 6.07) is 11.8. The molecule has 0 saturated carbocycles. The Bertz CT molecular complexity index is 534. The summed E-state index contributed by atoms with van der Waals surface area (Å²) in [5.74, 6) is 0.184. The van der Waals surface area contributed by atoms with Crippen LogP contribution in [0.15, 0.2) is 48.8 Å². The molecule has 0 N–H and O–H groups in total. The van der Waals surface area contributed by atoms with E-state index >= 15 is 0 Å². The second-order valence-corrected chi connectivity index (χ2v) is 4.54. The average Bonchev–Trinajstić information content (AvgIpc) is 2.47. The topological polar surface area (TPSA) is 33.2 Å². The van der Waals surface area contributed by atoms with Crippen LogP contribution >= 0.6 is 0 Å². The average molecular weight is 254 g/mol. The SMILES string of the molecule is CCC(=O)c1ccc(N(C)Cc2ccncc2)cc1. The number of carbonyl (C=O) groups excluding carboxylic acids is 1. The monoisotopic (exact) mass is 254 g/mol. The zero-order valence-electron chi connectivity index (χ0n) is 11.3. The molecule has 0 unspecified atom stereocenters. The molecule has 0 aliphatic rings. The highest BCUT2D eigenvalue weighted by Gasteiger charge is 2.05. The van der Waals surface area contributed by atoms with E-state index in [2.05, 4.69) is 9.88 Å². The van der Waals surface area contributed by atoms with Gasteiger partial charge in [0.15, 0.2) is 5.78 Å². The first-order valence-electron chi connectivity index (χ1n) is 6.44. The van der Waals surface area contributed by atoms with Crippen molar-refractivity contribution >= 4 is 11.5 Å². The van der Waals surface area contributed by atoms with Crippen LogP contribution in [0.5, 0.6) is 0 Å². The molecule has 0 saturated heterocycles. The van der Waals surface area contributed by atoms with Crippen LogP contribution < -0.4 is 4.90 Å². The van der Waals surface area contributed by atoms with Crippen molar-refractivity contribution in [3.05, 3.63) is 59.9 Å². The van der Waals surface area contributed by atoms with Crippen LogP contribution in [0.25, 0.3) is 0 Å². The fourth-order valence-electron chi connectivity index (χ4n) is 1.96. The molecule has 2 aromatic rings. The Morgan fingerprint density at radius 1 is 1.11 bits per heavy atom. The Balaban J connectivity index is 2.07. The predicted octanol–water partition coefficient (Wildman–Crippen LogP) is 3.31. The molecule has 1 heterocycles. The maximum atomic E-state index is 11.6. The van der Waals surface area contributed by atoms with Gasteiger partial charge >= 0.3 is 0 Å². The summed E-state index contributed by atoms with van der Waals surface area (Å²) < 4.78 is 0. The van der Waals surface area contributed by atoms with Crippen LogP contribution in [-0.2, 0) is 6.54 Å². The van der Waals surface area contributed by atoms with E-state index < -0.39 is 0 Å². The summed E-state index contributed by atoms with van der Waals surface area (Å²) in [7, 11) is 2.04. The van der Waals surface area contributed by atoms with E-state index in [1.165, 1.54) is 5.56 Å². The Kier molecular flexibility index (Phi) is 4.29. The first kappa shape index (κ1) is 13.3. The van der Waals surface area contributed by atoms with Gasteiger partial charge in [-0.1, -0.05) is 6.92 Å². The van der Waals surface area contributed by atoms with Crippen molar-refractivity contribution < 1.29 is 4.79 Å². The zero-order chi connectivity index (χ0) is 13.7. The molecule has 0 atom stereocenters. The van der Waals surface area contributed by atoms with Gasteiger partial charge in [0.2, 0.25) is 0 Å². The van der Waals surface area contributed by atoms with Gasteiger partial charge in [-0.25, -0.2) is 0 Å². The number of Topliss-reactive ketones (excluding diaryl/α,β-unsaturated/α-hetero) is 1. The van der Waals surface area contributed by atoms with Crippen LogP contribution in [0.4, 0.5) is 5.69 Å². The summed E-state index contributed by atoms with van der Waals surface area (Å²) in [5, 5.41) is 0. The van der Waals surface area contributed by atoms with Crippen LogP contribution in [0, 0.1) is 0 Å². The van der Waals surface area contributed by atoms with Crippen molar-refractivity contribution in [1.29, 1.82) is 0 Å². The van der Waals surface area contributed by atoms with E-state index in [0.717, 1.165) is 17.8 Å². The van der Waals surface area contributed by atoms with Crippen LogP contribution in [-0.4, -0.2) is 17.8 Å². The van der Waals surface area contributed by atoms with Crippen molar-refractivity contribution in [2.75, 3.05) is 11.9 Å². The molecule has 0 aliphatic heterocycles. The number of nitrogens with zero attached hydrogens (tertiary/aromatic N) is 2. The first-order chi connectivity index (χ1) is 9.20. The zero-order valence-corrected chi connectivity index (χ0v) is 11.3. The molecule has 2 rings (SSSR count). The van der Waals surface area contributed by atoms with Crippen LogP contribution in [0.2, 0.25) is 0 Å². The molecule has 19 heavy (non-hydrogen) atoms. The third-order valence-electron chi connectivity index (χ3n) is 3.12. The lowest BCUT2D eigenvalue weighted by molar-refractivity contribution is 0.0988. The van der Waals surface area contributed by atoms with Crippen LogP contribution in [0.1, 0.15) is 29.3 Å². The smallest absolute Gasteiger partial charge is 0.162 e. The minimum absolute atomic E-state index is 0.184. The van der Waals surface area contributed by atoms with E-state index in [4.69, 9.17) is 0 Å². The number of hydrogen-bond donors (Lipinski definition) is 0. The molecular weight excluding hydrogens is 236 g/mol. The fraction of sp³-hybridized carbons (Fsp3) is 0.250. The lowest BCUT2D eigenvalue weighted by atomic mass is 10.1. The lowest BCUT2D eigenvalue weighted by Crippen LogP contribution is -2.16. The number of aromatic nitrogens is 1. The number of carbonyl (C=O) groups is 1. The Labute approximate surface area is 113 Å². The summed E-state index contributed by atoms with van der Waals surface area (Å²) in [5.41, 5.74) is 3.10. The van der Waals surface area contributed by atoms with Crippen molar-refractivity contribution in [3.63, 3.8) is 0 Å². The van der Waals surface area contributed by atoms with Gasteiger partial charge in [-0.05, 0) is 42.0 Å². The van der Waals surface area contributed by atoms with E-state index in [-0.39, 0.29) is 5.78 Å². The van der Waals surface area contributed by atoms with Gasteiger partial charge in [0.25, 0.3) is 0 Å². The number of ketones is 1. The van der Waals surface area contributed by atoms with Gasteiger partial charge in [-0.2, -0.15) is 0 Å². The van der Waals surface area contributed by atoms with Crippen LogP contribution in [0.3, 0.4) is 0 Å². The molecule has 3 nitrogen and oxygen atoms in total. The van der Waals surface area contributed by atoms with Gasteiger partial charge in [-0.15, -0.1) is 0 Å². The van der Waals surface area contributed by atoms with Crippen molar-refractivity contribution in [3.8, 4) is 0 Å². The van der Waals surface area contributed by atoms with Crippen molar-refractivity contribution in [2.24, 2.45) is 0 Å². The summed E-state index contributed by atoms with van der Waals surface area (Å²) in [4.78, 5) is 17.7. The molecule has 1 aromatic heterocycles. The van der Waals surface area contributed by atoms with Gasteiger partial charge in [0, 0.05) is 43.7 Å².